The third-order valence-corrected chi connectivity index (χ3v) is 6.79. The molecular weight excluding hydrogens is 302 g/mol. The van der Waals surface area contributed by atoms with Crippen LogP contribution in [0.15, 0.2) is 54.6 Å². The quantitative estimate of drug-likeness (QED) is 0.761. The zero-order chi connectivity index (χ0) is 16.7. The molecule has 25 heavy (non-hydrogen) atoms. The third-order valence-electron chi connectivity index (χ3n) is 6.79. The number of nitrogens with zero attached hydrogens (tertiary/aromatic N) is 1. The van der Waals surface area contributed by atoms with Crippen molar-refractivity contribution in [3.63, 3.8) is 0 Å². The van der Waals surface area contributed by atoms with Crippen LogP contribution in [-0.4, -0.2) is 24.5 Å². The predicted octanol–water partition coefficient (Wildman–Crippen LogP) is 4.85. The number of likely N-dealkylation sites (tertiary alicyclic amines) is 1. The normalized spacial score (nSPS) is 24.2. The fraction of sp³-hybridized carbons (Fsp3) is 0.417. The van der Waals surface area contributed by atoms with Gasteiger partial charge in [0.25, 0.3) is 0 Å². The average molecular weight is 329 g/mol. The van der Waals surface area contributed by atoms with Gasteiger partial charge < -0.3 is 4.90 Å². The van der Waals surface area contributed by atoms with Crippen LogP contribution >= 0.6 is 0 Å². The first-order chi connectivity index (χ1) is 12.3. The van der Waals surface area contributed by atoms with Gasteiger partial charge in [-0.05, 0) is 73.4 Å². The zero-order valence-electron chi connectivity index (χ0n) is 15.0. The first-order valence-corrected chi connectivity index (χ1v) is 9.90. The van der Waals surface area contributed by atoms with Crippen molar-refractivity contribution in [2.24, 2.45) is 5.92 Å². The van der Waals surface area contributed by atoms with Crippen LogP contribution in [-0.2, 0) is 18.3 Å². The highest BCUT2D eigenvalue weighted by molar-refractivity contribution is 5.65. The van der Waals surface area contributed by atoms with Crippen molar-refractivity contribution in [3.8, 4) is 0 Å². The third kappa shape index (κ3) is 2.75. The smallest absolute Gasteiger partial charge is 0.0165 e. The summed E-state index contributed by atoms with van der Waals surface area (Å²) in [6.07, 6.45) is 11.3. The maximum atomic E-state index is 2.73. The second kappa shape index (κ2) is 6.14. The van der Waals surface area contributed by atoms with Gasteiger partial charge in [-0.1, -0.05) is 60.7 Å². The van der Waals surface area contributed by atoms with Crippen molar-refractivity contribution in [1.82, 2.24) is 4.90 Å². The van der Waals surface area contributed by atoms with Crippen LogP contribution < -0.4 is 0 Å². The van der Waals surface area contributed by atoms with Gasteiger partial charge >= 0.3 is 0 Å². The molecule has 128 valence electrons. The van der Waals surface area contributed by atoms with Crippen molar-refractivity contribution in [1.29, 1.82) is 0 Å². The summed E-state index contributed by atoms with van der Waals surface area (Å²) < 4.78 is 0. The molecule has 1 fully saturated rings. The molecule has 0 saturated carbocycles. The molecule has 3 aliphatic rings. The fourth-order valence-electron chi connectivity index (χ4n) is 5.30. The molecule has 0 N–H and O–H groups in total. The molecule has 0 amide bonds. The van der Waals surface area contributed by atoms with Crippen LogP contribution in [0.2, 0.25) is 0 Å². The molecule has 1 heteroatoms. The summed E-state index contributed by atoms with van der Waals surface area (Å²) in [6.45, 7) is 3.78. The summed E-state index contributed by atoms with van der Waals surface area (Å²) in [4.78, 5) is 2.73. The Morgan fingerprint density at radius 1 is 0.920 bits per heavy atom. The number of aryl methyl sites for hydroxylation is 1. The van der Waals surface area contributed by atoms with Crippen LogP contribution in [0, 0.1) is 5.92 Å². The Morgan fingerprint density at radius 2 is 1.68 bits per heavy atom. The number of fused-ring (bicyclic) bond motifs is 3. The summed E-state index contributed by atoms with van der Waals surface area (Å²) in [5.41, 5.74) is 6.52. The second-order valence-electron chi connectivity index (χ2n) is 8.25. The lowest BCUT2D eigenvalue weighted by molar-refractivity contribution is 0.155. The van der Waals surface area contributed by atoms with E-state index in [1.165, 1.54) is 57.3 Å². The molecule has 5 rings (SSSR count). The lowest BCUT2D eigenvalue weighted by Gasteiger charge is -2.41. The van der Waals surface area contributed by atoms with E-state index < -0.39 is 0 Å². The van der Waals surface area contributed by atoms with Gasteiger partial charge in [0.05, 0.1) is 0 Å². The Labute approximate surface area is 151 Å². The molecule has 1 aliphatic heterocycles. The van der Waals surface area contributed by atoms with Crippen LogP contribution in [0.1, 0.15) is 41.5 Å². The van der Waals surface area contributed by atoms with Crippen LogP contribution in [0.4, 0.5) is 0 Å². The minimum atomic E-state index is 0.326. The van der Waals surface area contributed by atoms with Gasteiger partial charge in [-0.3, -0.25) is 0 Å². The summed E-state index contributed by atoms with van der Waals surface area (Å²) >= 11 is 0. The van der Waals surface area contributed by atoms with Gasteiger partial charge in [-0.2, -0.15) is 0 Å². The molecule has 2 aliphatic carbocycles. The average Bonchev–Trinajstić information content (AvgIpc) is 3.02. The minimum Gasteiger partial charge on any atom is -0.303 e. The Balaban J connectivity index is 1.23. The predicted molar refractivity (Wildman–Crippen MR) is 105 cm³/mol. The highest BCUT2D eigenvalue weighted by Gasteiger charge is 2.38. The fourth-order valence-corrected chi connectivity index (χ4v) is 5.30. The topological polar surface area (TPSA) is 3.24 Å². The SMILES string of the molecule is C1=CC2(CCN(CC3CCc4ccccc4C3)CC2)c2ccccc21. The molecule has 0 aromatic heterocycles. The molecule has 1 saturated heterocycles. The molecule has 0 radical (unpaired) electrons. The molecule has 1 atom stereocenters. The lowest BCUT2D eigenvalue weighted by atomic mass is 9.74. The van der Waals surface area contributed by atoms with Crippen LogP contribution in [0.3, 0.4) is 0 Å². The molecule has 0 bridgehead atoms. The second-order valence-corrected chi connectivity index (χ2v) is 8.25. The molecular formula is C24H27N. The summed E-state index contributed by atoms with van der Waals surface area (Å²) in [5, 5.41) is 0. The highest BCUT2D eigenvalue weighted by Crippen LogP contribution is 2.43. The van der Waals surface area contributed by atoms with Gasteiger partial charge in [0.15, 0.2) is 0 Å². The van der Waals surface area contributed by atoms with E-state index in [0.717, 1.165) is 5.92 Å². The maximum Gasteiger partial charge on any atom is 0.0165 e. The molecule has 2 aromatic carbocycles. The van der Waals surface area contributed by atoms with E-state index in [0.29, 0.717) is 5.41 Å². The largest absolute Gasteiger partial charge is 0.303 e. The summed E-state index contributed by atoms with van der Waals surface area (Å²) in [7, 11) is 0. The minimum absolute atomic E-state index is 0.326. The number of allylic oxidation sites excluding steroid dienone is 1. The van der Waals surface area contributed by atoms with Gasteiger partial charge in [-0.15, -0.1) is 0 Å². The van der Waals surface area contributed by atoms with Gasteiger partial charge in [0, 0.05) is 12.0 Å². The summed E-state index contributed by atoms with van der Waals surface area (Å²) in [6, 6.07) is 18.0. The van der Waals surface area contributed by atoms with Gasteiger partial charge in [0.1, 0.15) is 0 Å². The molecule has 1 heterocycles. The maximum absolute atomic E-state index is 2.73. The van der Waals surface area contributed by atoms with Crippen molar-refractivity contribution in [3.05, 3.63) is 76.9 Å². The van der Waals surface area contributed by atoms with E-state index in [1.54, 1.807) is 16.7 Å². The Hall–Kier alpha value is -1.86. The van der Waals surface area contributed by atoms with Crippen LogP contribution in [0.5, 0.6) is 0 Å². The Kier molecular flexibility index (Phi) is 3.78. The van der Waals surface area contributed by atoms with Crippen molar-refractivity contribution in [2.75, 3.05) is 19.6 Å². The number of hydrogen-bond donors (Lipinski definition) is 0. The van der Waals surface area contributed by atoms with Crippen molar-refractivity contribution >= 4 is 6.08 Å². The van der Waals surface area contributed by atoms with E-state index in [1.807, 2.05) is 0 Å². The number of rotatable bonds is 2. The standard InChI is InChI=1S/C24H27N/c1-2-7-22-17-19(9-10-20(22)5-1)18-25-15-13-24(14-16-25)12-11-21-6-3-4-8-23(21)24/h1-8,11-12,19H,9-10,13-18H2. The first kappa shape index (κ1) is 15.4. The van der Waals surface area contributed by atoms with Gasteiger partial charge in [-0.25, -0.2) is 0 Å². The summed E-state index contributed by atoms with van der Waals surface area (Å²) in [5.74, 6) is 0.843. The molecule has 2 aromatic rings. The Bertz CT molecular complexity index is 795. The molecule has 1 spiro atoms. The van der Waals surface area contributed by atoms with E-state index in [-0.39, 0.29) is 0 Å². The first-order valence-electron chi connectivity index (χ1n) is 9.90. The van der Waals surface area contributed by atoms with E-state index >= 15 is 0 Å². The van der Waals surface area contributed by atoms with Gasteiger partial charge in [0.2, 0.25) is 0 Å². The van der Waals surface area contributed by atoms with E-state index in [9.17, 15) is 0 Å². The highest BCUT2D eigenvalue weighted by atomic mass is 15.1. The Morgan fingerprint density at radius 3 is 2.56 bits per heavy atom. The zero-order valence-corrected chi connectivity index (χ0v) is 15.0. The lowest BCUT2D eigenvalue weighted by Crippen LogP contribution is -2.43. The van der Waals surface area contributed by atoms with E-state index in [2.05, 4.69) is 65.6 Å². The number of piperidine rings is 1. The number of benzene rings is 2. The number of hydrogen-bond acceptors (Lipinski definition) is 1. The van der Waals surface area contributed by atoms with Crippen molar-refractivity contribution < 1.29 is 0 Å². The van der Waals surface area contributed by atoms with Crippen LogP contribution in [0.25, 0.3) is 6.08 Å². The molecule has 1 nitrogen and oxygen atoms in total. The van der Waals surface area contributed by atoms with Crippen molar-refractivity contribution in [2.45, 2.75) is 37.5 Å². The van der Waals surface area contributed by atoms with E-state index in [4.69, 9.17) is 0 Å². The monoisotopic (exact) mass is 329 g/mol. The molecule has 1 unspecified atom stereocenters.